The summed E-state index contributed by atoms with van der Waals surface area (Å²) in [7, 11) is -7.52. The van der Waals surface area contributed by atoms with E-state index in [-0.39, 0.29) is 4.90 Å². The molecule has 4 rings (SSSR count). The second kappa shape index (κ2) is 43.7. The van der Waals surface area contributed by atoms with E-state index in [1.54, 1.807) is 0 Å². The van der Waals surface area contributed by atoms with Crippen LogP contribution in [-0.2, 0) is 71.5 Å². The number of hydrogen-bond donors (Lipinski definition) is 0. The van der Waals surface area contributed by atoms with Gasteiger partial charge in [0.15, 0.2) is 0 Å². The van der Waals surface area contributed by atoms with E-state index in [9.17, 15) is 0 Å². The standard InChI is InChI=1S/C79H130O3S2/c1-11-20-29-38-47-67-60-70(50-41-32-23-14-4)77(71(61-67)51-42-33-24-15-5)83(82-84(80,81)76-58-56-66(10)57-59-76,78-72(52-43-34-25-16-6)62-68(48-39-30-21-12-2)63-73(78)53-44-35-26-17-7)79-74(54-45-36-27-18-8)64-69(49-40-31-22-13-3)65-75(79)55-46-37-28-19-9/h56-65H,11-55H2,1-10H3. The van der Waals surface area contributed by atoms with Gasteiger partial charge in [-0.25, -0.2) is 3.63 Å². The topological polar surface area (TPSA) is 43.4 Å². The van der Waals surface area contributed by atoms with Crippen LogP contribution < -0.4 is 0 Å². The van der Waals surface area contributed by atoms with Crippen LogP contribution in [0.15, 0.2) is 80.2 Å². The van der Waals surface area contributed by atoms with Gasteiger partial charge in [0.2, 0.25) is 0 Å². The lowest BCUT2D eigenvalue weighted by atomic mass is 9.94. The molecule has 476 valence electrons. The minimum Gasteiger partial charge on any atom is -0.203 e. The molecule has 0 aromatic heterocycles. The third kappa shape index (κ3) is 25.0. The van der Waals surface area contributed by atoms with Gasteiger partial charge in [-0.05, 0) is 195 Å². The minimum atomic E-state index is -4.41. The summed E-state index contributed by atoms with van der Waals surface area (Å²) in [5.41, 5.74) is 13.7. The van der Waals surface area contributed by atoms with E-state index in [1.165, 1.54) is 257 Å². The van der Waals surface area contributed by atoms with E-state index in [2.05, 4.69) is 106 Å². The van der Waals surface area contributed by atoms with Crippen LogP contribution in [0.3, 0.4) is 0 Å². The third-order valence-electron chi connectivity index (χ3n) is 18.0. The Bertz CT molecular complexity index is 2160. The van der Waals surface area contributed by atoms with Crippen LogP contribution in [0, 0.1) is 6.92 Å². The van der Waals surface area contributed by atoms with Gasteiger partial charge in [0, 0.05) is 14.7 Å². The lowest BCUT2D eigenvalue weighted by molar-refractivity contribution is 0.505. The second-order valence-electron chi connectivity index (χ2n) is 25.9. The Balaban J connectivity index is 2.56. The largest absolute Gasteiger partial charge is 0.307 e. The number of unbranched alkanes of at least 4 members (excludes halogenated alkanes) is 27. The van der Waals surface area contributed by atoms with Gasteiger partial charge in [0.05, 0.1) is 4.90 Å². The molecule has 5 heteroatoms. The summed E-state index contributed by atoms with van der Waals surface area (Å²) in [4.78, 5) is 4.13. The highest BCUT2D eigenvalue weighted by Gasteiger charge is 2.46. The van der Waals surface area contributed by atoms with Crippen LogP contribution in [0.1, 0.15) is 349 Å². The van der Waals surface area contributed by atoms with Gasteiger partial charge >= 0.3 is 10.1 Å². The lowest BCUT2D eigenvalue weighted by Crippen LogP contribution is -2.23. The molecule has 0 heterocycles. The first-order chi connectivity index (χ1) is 41.0. The van der Waals surface area contributed by atoms with Gasteiger partial charge in [-0.15, -0.1) is 0 Å². The maximum atomic E-state index is 16.8. The summed E-state index contributed by atoms with van der Waals surface area (Å²) in [5.74, 6) is 0. The first kappa shape index (κ1) is 73.6. The molecule has 0 aliphatic heterocycles. The van der Waals surface area contributed by atoms with Crippen molar-refractivity contribution in [2.45, 2.75) is 378 Å². The third-order valence-corrected chi connectivity index (χ3v) is 23.7. The smallest absolute Gasteiger partial charge is 0.203 e. The zero-order valence-electron chi connectivity index (χ0n) is 56.6. The molecule has 0 aliphatic rings. The monoisotopic (exact) mass is 1190 g/mol. The molecule has 84 heavy (non-hydrogen) atoms. The van der Waals surface area contributed by atoms with Gasteiger partial charge < -0.3 is 0 Å². The molecular weight excluding hydrogens is 1060 g/mol. The Hall–Kier alpha value is -2.86. The molecule has 3 nitrogen and oxygen atoms in total. The number of aryl methyl sites for hydroxylation is 10. The van der Waals surface area contributed by atoms with Crippen molar-refractivity contribution in [1.82, 2.24) is 0 Å². The molecule has 0 unspecified atom stereocenters. The van der Waals surface area contributed by atoms with E-state index in [0.717, 1.165) is 102 Å². The maximum Gasteiger partial charge on any atom is 0.307 e. The van der Waals surface area contributed by atoms with E-state index >= 15 is 8.42 Å². The van der Waals surface area contributed by atoms with Gasteiger partial charge in [-0.1, -0.05) is 290 Å². The van der Waals surface area contributed by atoms with Gasteiger partial charge in [0.1, 0.15) is 0 Å². The van der Waals surface area contributed by atoms with Gasteiger partial charge in [-0.3, -0.25) is 0 Å². The quantitative estimate of drug-likeness (QED) is 0.0414. The summed E-state index contributed by atoms with van der Waals surface area (Å²) in [6, 6.07) is 23.5. The SMILES string of the molecule is CCCCCCc1cc(CCCCCC)c(S(OS(=O)(=O)c2ccc(C)cc2)(c2c(CCCCCC)cc(CCCCCC)cc2CCCCCC)c2c(CCCCCC)cc(CCCCCC)cc2CCCCCC)c(CCCCCC)c1. The summed E-state index contributed by atoms with van der Waals surface area (Å²) >= 11 is 0. The predicted octanol–water partition coefficient (Wildman–Crippen LogP) is 25.7. The Morgan fingerprint density at radius 3 is 0.679 bits per heavy atom. The van der Waals surface area contributed by atoms with Crippen LogP contribution in [0.4, 0.5) is 0 Å². The molecule has 0 fully saturated rings. The van der Waals surface area contributed by atoms with Crippen molar-refractivity contribution in [3.8, 4) is 0 Å². The molecule has 0 spiro atoms. The fraction of sp³-hybridized carbons (Fsp3) is 0.696. The summed E-state index contributed by atoms with van der Waals surface area (Å²) in [5, 5.41) is 0. The first-order valence-electron chi connectivity index (χ1n) is 36.3. The van der Waals surface area contributed by atoms with Crippen molar-refractivity contribution in [3.63, 3.8) is 0 Å². The molecule has 0 bridgehead atoms. The molecule has 4 aromatic carbocycles. The molecule has 0 amide bonds. The predicted molar refractivity (Wildman–Crippen MR) is 372 cm³/mol. The molecule has 0 atom stereocenters. The molecular formula is C79H130O3S2. The highest BCUT2D eigenvalue weighted by atomic mass is 32.3. The average Bonchev–Trinajstić information content (AvgIpc) is 2.67. The fourth-order valence-corrected chi connectivity index (χ4v) is 19.6. The lowest BCUT2D eigenvalue weighted by Gasteiger charge is -2.47. The number of benzene rings is 4. The van der Waals surface area contributed by atoms with Crippen LogP contribution in [0.25, 0.3) is 0 Å². The van der Waals surface area contributed by atoms with Crippen molar-refractivity contribution in [2.75, 3.05) is 0 Å². The van der Waals surface area contributed by atoms with Gasteiger partial charge in [-0.2, -0.15) is 8.42 Å². The second-order valence-corrected chi connectivity index (χ2v) is 30.2. The Morgan fingerprint density at radius 2 is 0.476 bits per heavy atom. The van der Waals surface area contributed by atoms with Crippen molar-refractivity contribution >= 4 is 20.4 Å². The van der Waals surface area contributed by atoms with Crippen LogP contribution in [-0.4, -0.2) is 8.42 Å². The fourth-order valence-electron chi connectivity index (χ4n) is 13.1. The normalized spacial score (nSPS) is 12.3. The highest BCUT2D eigenvalue weighted by Crippen LogP contribution is 2.75. The zero-order valence-corrected chi connectivity index (χ0v) is 58.3. The van der Waals surface area contributed by atoms with Crippen molar-refractivity contribution < 1.29 is 12.0 Å². The van der Waals surface area contributed by atoms with E-state index in [4.69, 9.17) is 3.63 Å². The molecule has 0 N–H and O–H groups in total. The Morgan fingerprint density at radius 1 is 0.274 bits per heavy atom. The maximum absolute atomic E-state index is 16.8. The number of hydrogen-bond acceptors (Lipinski definition) is 3. The molecule has 0 radical (unpaired) electrons. The van der Waals surface area contributed by atoms with Crippen molar-refractivity contribution in [3.05, 3.63) is 116 Å². The molecule has 0 aliphatic carbocycles. The van der Waals surface area contributed by atoms with E-state index in [1.807, 2.05) is 24.3 Å². The zero-order chi connectivity index (χ0) is 60.7. The van der Waals surface area contributed by atoms with Gasteiger partial charge in [0.25, 0.3) is 0 Å². The first-order valence-corrected chi connectivity index (χ1v) is 39.3. The summed E-state index contributed by atoms with van der Waals surface area (Å²) in [6.07, 6.45) is 51.4. The minimum absolute atomic E-state index is 0.287. The highest BCUT2D eigenvalue weighted by molar-refractivity contribution is 8.33. The van der Waals surface area contributed by atoms with Crippen LogP contribution >= 0.6 is 10.3 Å². The number of rotatable bonds is 51. The van der Waals surface area contributed by atoms with E-state index in [0.29, 0.717) is 0 Å². The van der Waals surface area contributed by atoms with Crippen molar-refractivity contribution in [2.24, 2.45) is 0 Å². The summed E-state index contributed by atoms with van der Waals surface area (Å²) in [6.45, 7) is 23.1. The average molecular weight is 1190 g/mol. The van der Waals surface area contributed by atoms with Crippen LogP contribution in [0.2, 0.25) is 0 Å². The molecule has 4 aromatic rings. The van der Waals surface area contributed by atoms with Crippen molar-refractivity contribution in [1.29, 1.82) is 0 Å². The Kier molecular flexibility index (Phi) is 38.3. The van der Waals surface area contributed by atoms with Crippen LogP contribution in [0.5, 0.6) is 0 Å². The Labute approximate surface area is 523 Å². The summed E-state index contributed by atoms with van der Waals surface area (Å²) < 4.78 is 41.8. The van der Waals surface area contributed by atoms with E-state index < -0.39 is 20.4 Å². The molecule has 0 saturated carbocycles. The molecule has 0 saturated heterocycles.